The lowest BCUT2D eigenvalue weighted by atomic mass is 9.69. The zero-order valence-electron chi connectivity index (χ0n) is 23.8. The maximum Gasteiger partial charge on any atom is 0.181 e. The molecule has 7 rings (SSSR count). The van der Waals surface area contributed by atoms with Crippen molar-refractivity contribution in [2.45, 2.75) is 23.0 Å². The number of rotatable bonds is 6. The summed E-state index contributed by atoms with van der Waals surface area (Å²) >= 11 is 0. The summed E-state index contributed by atoms with van der Waals surface area (Å²) in [4.78, 5) is 0. The van der Waals surface area contributed by atoms with E-state index in [1.165, 1.54) is 0 Å². The van der Waals surface area contributed by atoms with E-state index in [0.717, 1.165) is 33.4 Å². The van der Waals surface area contributed by atoms with E-state index in [4.69, 9.17) is 15.2 Å². The monoisotopic (exact) mass is 559 g/mol. The molecule has 2 atom stereocenters. The van der Waals surface area contributed by atoms with Crippen LogP contribution < -0.4 is 5.73 Å². The van der Waals surface area contributed by atoms with E-state index in [1.54, 1.807) is 0 Å². The number of benzene rings is 6. The maximum atomic E-state index is 7.99. The van der Waals surface area contributed by atoms with Crippen molar-refractivity contribution in [1.29, 1.82) is 0 Å². The van der Waals surface area contributed by atoms with Crippen LogP contribution >= 0.6 is 0 Å². The predicted octanol–water partition coefficient (Wildman–Crippen LogP) is 8.47. The van der Waals surface area contributed by atoms with Gasteiger partial charge in [0, 0.05) is 5.56 Å². The lowest BCUT2D eigenvalue weighted by molar-refractivity contribution is -0.350. The van der Waals surface area contributed by atoms with Gasteiger partial charge in [0.05, 0.1) is 0 Å². The van der Waals surface area contributed by atoms with E-state index in [-0.39, 0.29) is 0 Å². The van der Waals surface area contributed by atoms with Gasteiger partial charge in [-0.25, -0.2) is 0 Å². The lowest BCUT2D eigenvalue weighted by Gasteiger charge is -2.60. The molecule has 0 saturated carbocycles. The minimum Gasteiger partial charge on any atom is -0.342 e. The summed E-state index contributed by atoms with van der Waals surface area (Å²) in [7, 11) is 0. The average Bonchev–Trinajstić information content (AvgIpc) is 3.10. The topological polar surface area (TPSA) is 44.5 Å². The van der Waals surface area contributed by atoms with Gasteiger partial charge in [0.1, 0.15) is 6.10 Å². The minimum atomic E-state index is -1.44. The van der Waals surface area contributed by atoms with Gasteiger partial charge in [0.25, 0.3) is 0 Å². The molecular formula is C40H33NO2. The standard InChI is InChI=1S/C40H33NO2/c41-40(36-29-17-6-18-30-36)39(34-25-13-4-14-26-34,35-27-15-5-16-28-35)43-38(32-21-9-2-10-22-32,33-23-11-3-12-24-33)37(42-40)31-19-7-1-8-20-31/h1-30,37H,41H2. The van der Waals surface area contributed by atoms with Gasteiger partial charge < -0.3 is 9.47 Å². The maximum absolute atomic E-state index is 7.99. The van der Waals surface area contributed by atoms with E-state index in [1.807, 2.05) is 97.1 Å². The number of ether oxygens (including phenoxy) is 2. The van der Waals surface area contributed by atoms with Gasteiger partial charge in [0.15, 0.2) is 16.9 Å². The van der Waals surface area contributed by atoms with Crippen LogP contribution in [0.2, 0.25) is 0 Å². The predicted molar refractivity (Wildman–Crippen MR) is 171 cm³/mol. The largest absolute Gasteiger partial charge is 0.342 e. The molecule has 2 N–H and O–H groups in total. The van der Waals surface area contributed by atoms with Gasteiger partial charge in [-0.2, -0.15) is 0 Å². The number of hydrogen-bond donors (Lipinski definition) is 1. The van der Waals surface area contributed by atoms with Gasteiger partial charge in [-0.1, -0.05) is 182 Å². The molecule has 1 heterocycles. The molecule has 3 heteroatoms. The fourth-order valence-electron chi connectivity index (χ4n) is 6.63. The quantitative estimate of drug-likeness (QED) is 0.223. The van der Waals surface area contributed by atoms with Gasteiger partial charge in [0.2, 0.25) is 0 Å². The molecule has 0 aromatic heterocycles. The summed E-state index contributed by atoms with van der Waals surface area (Å²) in [6.07, 6.45) is -0.607. The third-order valence-electron chi connectivity index (χ3n) is 8.58. The molecule has 210 valence electrons. The molecule has 1 aliphatic heterocycles. The summed E-state index contributed by atoms with van der Waals surface area (Å²) < 4.78 is 15.5. The molecule has 1 aliphatic rings. The first-order valence-electron chi connectivity index (χ1n) is 14.7. The van der Waals surface area contributed by atoms with Crippen molar-refractivity contribution in [2.75, 3.05) is 0 Å². The molecule has 0 spiro atoms. The molecule has 3 nitrogen and oxygen atoms in total. The minimum absolute atomic E-state index is 0.607. The summed E-state index contributed by atoms with van der Waals surface area (Å²) in [5, 5.41) is 0. The van der Waals surface area contributed by atoms with Gasteiger partial charge >= 0.3 is 0 Å². The van der Waals surface area contributed by atoms with E-state index in [0.29, 0.717) is 0 Å². The van der Waals surface area contributed by atoms with Gasteiger partial charge in [-0.05, 0) is 27.8 Å². The lowest BCUT2D eigenvalue weighted by Crippen LogP contribution is -2.68. The van der Waals surface area contributed by atoms with Crippen molar-refractivity contribution in [2.24, 2.45) is 5.73 Å². The first-order valence-corrected chi connectivity index (χ1v) is 14.7. The summed E-state index contributed by atoms with van der Waals surface area (Å²) in [5.74, 6) is 0. The Morgan fingerprint density at radius 2 is 0.721 bits per heavy atom. The van der Waals surface area contributed by atoms with Crippen LogP contribution in [0.1, 0.15) is 39.5 Å². The van der Waals surface area contributed by atoms with Crippen molar-refractivity contribution in [1.82, 2.24) is 0 Å². The van der Waals surface area contributed by atoms with Crippen LogP contribution in [0.15, 0.2) is 182 Å². The zero-order valence-corrected chi connectivity index (χ0v) is 23.8. The fraction of sp³-hybridized carbons (Fsp3) is 0.100. The Kier molecular flexibility index (Phi) is 7.00. The Morgan fingerprint density at radius 1 is 0.395 bits per heavy atom. The Bertz CT molecular complexity index is 1680. The molecule has 1 saturated heterocycles. The first-order chi connectivity index (χ1) is 21.2. The van der Waals surface area contributed by atoms with Crippen LogP contribution in [0.25, 0.3) is 0 Å². The van der Waals surface area contributed by atoms with Crippen molar-refractivity contribution in [3.05, 3.63) is 215 Å². The summed E-state index contributed by atoms with van der Waals surface area (Å²) in [6, 6.07) is 61.6. The van der Waals surface area contributed by atoms with Gasteiger partial charge in [-0.3, -0.25) is 5.73 Å². The van der Waals surface area contributed by atoms with E-state index < -0.39 is 23.0 Å². The van der Waals surface area contributed by atoms with Gasteiger partial charge in [-0.15, -0.1) is 0 Å². The third kappa shape index (κ3) is 4.33. The summed E-state index contributed by atoms with van der Waals surface area (Å²) in [5.41, 5.74) is 9.51. The third-order valence-corrected chi connectivity index (χ3v) is 8.58. The second-order valence-corrected chi connectivity index (χ2v) is 11.0. The molecule has 1 fully saturated rings. The molecule has 0 bridgehead atoms. The first kappa shape index (κ1) is 27.1. The molecule has 0 amide bonds. The summed E-state index contributed by atoms with van der Waals surface area (Å²) in [6.45, 7) is 0. The van der Waals surface area contributed by atoms with Crippen LogP contribution in [0.5, 0.6) is 0 Å². The van der Waals surface area contributed by atoms with Crippen molar-refractivity contribution >= 4 is 0 Å². The highest BCUT2D eigenvalue weighted by atomic mass is 16.6. The normalized spacial score (nSPS) is 20.7. The Morgan fingerprint density at radius 3 is 1.12 bits per heavy atom. The molecule has 43 heavy (non-hydrogen) atoms. The fourth-order valence-corrected chi connectivity index (χ4v) is 6.63. The second kappa shape index (κ2) is 11.1. The molecule has 0 radical (unpaired) electrons. The van der Waals surface area contributed by atoms with Crippen LogP contribution in [0.4, 0.5) is 0 Å². The molecule has 6 aromatic rings. The van der Waals surface area contributed by atoms with Crippen molar-refractivity contribution < 1.29 is 9.47 Å². The highest BCUT2D eigenvalue weighted by Crippen LogP contribution is 2.62. The van der Waals surface area contributed by atoms with Crippen LogP contribution in [-0.4, -0.2) is 0 Å². The smallest absolute Gasteiger partial charge is 0.181 e. The Labute approximate surface area is 253 Å². The highest BCUT2D eigenvalue weighted by molar-refractivity contribution is 5.50. The van der Waals surface area contributed by atoms with Crippen LogP contribution in [0, 0.1) is 0 Å². The van der Waals surface area contributed by atoms with E-state index in [9.17, 15) is 0 Å². The highest BCUT2D eigenvalue weighted by Gasteiger charge is 2.67. The van der Waals surface area contributed by atoms with E-state index in [2.05, 4.69) is 84.9 Å². The molecule has 6 aromatic carbocycles. The Hall–Kier alpha value is -4.80. The molecule has 0 aliphatic carbocycles. The van der Waals surface area contributed by atoms with Crippen LogP contribution in [0.3, 0.4) is 0 Å². The number of nitrogens with two attached hydrogens (primary N) is 1. The molecule has 2 unspecified atom stereocenters. The average molecular weight is 560 g/mol. The SMILES string of the molecule is NC1(c2ccccc2)OC(c2ccccc2)C(c2ccccc2)(c2ccccc2)OC1(c1ccccc1)c1ccccc1. The number of hydrogen-bond acceptors (Lipinski definition) is 3. The second-order valence-electron chi connectivity index (χ2n) is 11.0. The van der Waals surface area contributed by atoms with Crippen molar-refractivity contribution in [3.8, 4) is 0 Å². The van der Waals surface area contributed by atoms with Crippen molar-refractivity contribution in [3.63, 3.8) is 0 Å². The van der Waals surface area contributed by atoms with E-state index >= 15 is 0 Å². The molecular weight excluding hydrogens is 526 g/mol. The zero-order chi connectivity index (χ0) is 29.2. The Balaban J connectivity index is 1.65. The van der Waals surface area contributed by atoms with Crippen LogP contribution in [-0.2, 0) is 26.4 Å².